The molecule has 8 aromatic carbocycles. The SMILES string of the molecule is CC1(C)c2cc(-c3ccc(-c4cccc(C5=CC(c6ccccc6)=NC(c6ccccc6)N5)c4)cc3)ccc2-c2c(-c3ccccc3)cc3ccccc3c21. The Bertz CT molecular complexity index is 2780. The number of rotatable bonds is 6. The van der Waals surface area contributed by atoms with Crippen LogP contribution in [0.25, 0.3) is 61.0 Å². The second-order valence-corrected chi connectivity index (χ2v) is 15.2. The zero-order valence-corrected chi connectivity index (χ0v) is 31.0. The molecular formula is C53H40N2. The van der Waals surface area contributed by atoms with Crippen molar-refractivity contribution in [1.82, 2.24) is 5.32 Å². The van der Waals surface area contributed by atoms with Gasteiger partial charge in [-0.3, -0.25) is 4.99 Å². The summed E-state index contributed by atoms with van der Waals surface area (Å²) in [5.74, 6) is 0. The quantitative estimate of drug-likeness (QED) is 0.183. The molecule has 1 atom stereocenters. The summed E-state index contributed by atoms with van der Waals surface area (Å²) in [6, 6.07) is 68.0. The number of aliphatic imine (C=N–C) groups is 1. The van der Waals surface area contributed by atoms with E-state index in [1.54, 1.807) is 0 Å². The monoisotopic (exact) mass is 704 g/mol. The standard InChI is InChI=1S/C53H40N2/c1-53(2)47-33-41(29-30-45(47)50-46(37-15-6-3-7-16-37)32-42-21-12-13-24-44(42)51(50)53)36-27-25-35(26-28-36)40-22-14-23-43(31-40)49-34-48(38-17-8-4-9-18-38)54-52(55-49)39-19-10-5-11-20-39/h3-34,52,55H,1-2H3. The lowest BCUT2D eigenvalue weighted by atomic mass is 9.79. The van der Waals surface area contributed by atoms with Crippen molar-refractivity contribution in [3.8, 4) is 44.5 Å². The molecular weight excluding hydrogens is 665 g/mol. The van der Waals surface area contributed by atoms with Crippen LogP contribution < -0.4 is 5.32 Å². The first kappa shape index (κ1) is 32.8. The first-order chi connectivity index (χ1) is 27.0. The maximum Gasteiger partial charge on any atom is 0.145 e. The molecule has 0 saturated heterocycles. The largest absolute Gasteiger partial charge is 0.360 e. The molecule has 1 N–H and O–H groups in total. The third-order valence-corrected chi connectivity index (χ3v) is 11.5. The van der Waals surface area contributed by atoms with Gasteiger partial charge in [-0.25, -0.2) is 0 Å². The number of allylic oxidation sites excluding steroid dienone is 1. The highest BCUT2D eigenvalue weighted by atomic mass is 15.1. The Morgan fingerprint density at radius 3 is 1.78 bits per heavy atom. The molecule has 2 nitrogen and oxygen atoms in total. The lowest BCUT2D eigenvalue weighted by molar-refractivity contribution is 0.664. The van der Waals surface area contributed by atoms with Gasteiger partial charge in [0.15, 0.2) is 0 Å². The first-order valence-corrected chi connectivity index (χ1v) is 19.2. The van der Waals surface area contributed by atoms with Gasteiger partial charge in [-0.15, -0.1) is 0 Å². The van der Waals surface area contributed by atoms with Gasteiger partial charge >= 0.3 is 0 Å². The smallest absolute Gasteiger partial charge is 0.145 e. The van der Waals surface area contributed by atoms with E-state index in [9.17, 15) is 0 Å². The number of nitrogens with zero attached hydrogens (tertiary/aromatic N) is 1. The van der Waals surface area contributed by atoms with E-state index in [2.05, 4.69) is 201 Å². The minimum Gasteiger partial charge on any atom is -0.360 e. The first-order valence-electron chi connectivity index (χ1n) is 19.2. The molecule has 0 radical (unpaired) electrons. The van der Waals surface area contributed by atoms with Crippen LogP contribution in [0.15, 0.2) is 199 Å². The van der Waals surface area contributed by atoms with Gasteiger partial charge in [-0.2, -0.15) is 0 Å². The van der Waals surface area contributed by atoms with E-state index < -0.39 is 0 Å². The summed E-state index contributed by atoms with van der Waals surface area (Å²) in [7, 11) is 0. The Balaban J connectivity index is 0.986. The van der Waals surface area contributed by atoms with Crippen LogP contribution in [0, 0.1) is 0 Å². The van der Waals surface area contributed by atoms with Crippen molar-refractivity contribution < 1.29 is 0 Å². The van der Waals surface area contributed by atoms with Gasteiger partial charge in [0.2, 0.25) is 0 Å². The maximum atomic E-state index is 5.12. The molecule has 1 aliphatic heterocycles. The minimum absolute atomic E-state index is 0.155. The van der Waals surface area contributed by atoms with Crippen LogP contribution in [0.5, 0.6) is 0 Å². The molecule has 262 valence electrons. The summed E-state index contributed by atoms with van der Waals surface area (Å²) in [5.41, 5.74) is 18.1. The highest BCUT2D eigenvalue weighted by Gasteiger charge is 2.39. The molecule has 0 amide bonds. The van der Waals surface area contributed by atoms with Gasteiger partial charge in [0.05, 0.1) is 5.71 Å². The highest BCUT2D eigenvalue weighted by molar-refractivity contribution is 6.13. The zero-order chi connectivity index (χ0) is 36.9. The Labute approximate surface area is 323 Å². The summed E-state index contributed by atoms with van der Waals surface area (Å²) >= 11 is 0. The third kappa shape index (κ3) is 5.79. The van der Waals surface area contributed by atoms with E-state index >= 15 is 0 Å². The van der Waals surface area contributed by atoms with Gasteiger partial charge in [-0.05, 0) is 107 Å². The van der Waals surface area contributed by atoms with Gasteiger partial charge in [0, 0.05) is 11.1 Å². The van der Waals surface area contributed by atoms with E-state index in [0.717, 1.165) is 28.1 Å². The fraction of sp³-hybridized carbons (Fsp3) is 0.0755. The third-order valence-electron chi connectivity index (χ3n) is 11.5. The predicted octanol–water partition coefficient (Wildman–Crippen LogP) is 13.3. The lowest BCUT2D eigenvalue weighted by Crippen LogP contribution is -2.24. The second kappa shape index (κ2) is 13.3. The molecule has 0 bridgehead atoms. The van der Waals surface area contributed by atoms with Crippen molar-refractivity contribution in [3.05, 3.63) is 222 Å². The zero-order valence-electron chi connectivity index (χ0n) is 31.0. The molecule has 0 fully saturated rings. The summed E-state index contributed by atoms with van der Waals surface area (Å²) in [6.07, 6.45) is 2.00. The summed E-state index contributed by atoms with van der Waals surface area (Å²) in [5, 5.41) is 6.35. The molecule has 2 heteroatoms. The highest BCUT2D eigenvalue weighted by Crippen LogP contribution is 2.55. The van der Waals surface area contributed by atoms with E-state index in [1.165, 1.54) is 66.4 Å². The van der Waals surface area contributed by atoms with Crippen LogP contribution >= 0.6 is 0 Å². The van der Waals surface area contributed by atoms with Crippen molar-refractivity contribution in [3.63, 3.8) is 0 Å². The summed E-state index contributed by atoms with van der Waals surface area (Å²) < 4.78 is 0. The van der Waals surface area contributed by atoms with Crippen molar-refractivity contribution in [2.45, 2.75) is 25.4 Å². The van der Waals surface area contributed by atoms with Gasteiger partial charge in [-0.1, -0.05) is 184 Å². The number of benzene rings is 8. The van der Waals surface area contributed by atoms with E-state index in [0.29, 0.717) is 0 Å². The van der Waals surface area contributed by atoms with Gasteiger partial charge in [0.1, 0.15) is 6.17 Å². The van der Waals surface area contributed by atoms with E-state index in [1.807, 2.05) is 12.1 Å². The number of hydrogen-bond donors (Lipinski definition) is 1. The van der Waals surface area contributed by atoms with Crippen LogP contribution in [0.4, 0.5) is 0 Å². The number of nitrogens with one attached hydrogen (secondary N) is 1. The van der Waals surface area contributed by atoms with Crippen LogP contribution in [-0.2, 0) is 5.41 Å². The number of hydrogen-bond acceptors (Lipinski definition) is 2. The summed E-state index contributed by atoms with van der Waals surface area (Å²) in [4.78, 5) is 5.12. The molecule has 10 rings (SSSR count). The Hall–Kier alpha value is -6.77. The lowest BCUT2D eigenvalue weighted by Gasteiger charge is -2.25. The Morgan fingerprint density at radius 1 is 0.473 bits per heavy atom. The van der Waals surface area contributed by atoms with Gasteiger partial charge in [0.25, 0.3) is 0 Å². The molecule has 8 aromatic rings. The molecule has 55 heavy (non-hydrogen) atoms. The molecule has 0 spiro atoms. The van der Waals surface area contributed by atoms with Gasteiger partial charge < -0.3 is 5.32 Å². The van der Waals surface area contributed by atoms with Crippen LogP contribution in [0.1, 0.15) is 47.8 Å². The fourth-order valence-electron chi connectivity index (χ4n) is 8.70. The summed E-state index contributed by atoms with van der Waals surface area (Å²) in [6.45, 7) is 4.79. The van der Waals surface area contributed by atoms with E-state index in [-0.39, 0.29) is 11.6 Å². The molecule has 2 aliphatic rings. The number of fused-ring (bicyclic) bond motifs is 5. The maximum absolute atomic E-state index is 5.12. The van der Waals surface area contributed by atoms with Crippen LogP contribution in [0.3, 0.4) is 0 Å². The normalized spacial score (nSPS) is 15.4. The topological polar surface area (TPSA) is 24.4 Å². The van der Waals surface area contributed by atoms with E-state index in [4.69, 9.17) is 4.99 Å². The second-order valence-electron chi connectivity index (χ2n) is 15.2. The Morgan fingerprint density at radius 2 is 1.05 bits per heavy atom. The minimum atomic E-state index is -0.173. The van der Waals surface area contributed by atoms with Crippen LogP contribution in [0.2, 0.25) is 0 Å². The average Bonchev–Trinajstić information content (AvgIpc) is 3.50. The predicted molar refractivity (Wildman–Crippen MR) is 231 cm³/mol. The van der Waals surface area contributed by atoms with Crippen molar-refractivity contribution in [2.75, 3.05) is 0 Å². The van der Waals surface area contributed by atoms with Crippen molar-refractivity contribution in [2.24, 2.45) is 4.99 Å². The average molecular weight is 705 g/mol. The van der Waals surface area contributed by atoms with Crippen LogP contribution in [-0.4, -0.2) is 5.71 Å². The Kier molecular flexibility index (Phi) is 7.92. The molecule has 1 aliphatic carbocycles. The molecule has 0 saturated carbocycles. The van der Waals surface area contributed by atoms with Crippen molar-refractivity contribution in [1.29, 1.82) is 0 Å². The molecule has 1 heterocycles. The van der Waals surface area contributed by atoms with Crippen molar-refractivity contribution >= 4 is 22.2 Å². The molecule has 1 unspecified atom stereocenters. The fourth-order valence-corrected chi connectivity index (χ4v) is 8.70. The molecule has 0 aromatic heterocycles.